The minimum Gasteiger partial charge on any atom is -0.465 e. The van der Waals surface area contributed by atoms with Crippen molar-refractivity contribution in [3.8, 4) is 5.69 Å². The van der Waals surface area contributed by atoms with Gasteiger partial charge in [-0.25, -0.2) is 4.79 Å². The maximum Gasteiger partial charge on any atom is 0.338 e. The molecule has 4 heteroatoms. The molecule has 4 aromatic carbocycles. The predicted molar refractivity (Wildman–Crippen MR) is 119 cm³/mol. The van der Waals surface area contributed by atoms with Gasteiger partial charge in [0.25, 0.3) is 0 Å². The number of hydrogen-bond donors (Lipinski definition) is 0. The van der Waals surface area contributed by atoms with Crippen LogP contribution in [0.1, 0.15) is 10.4 Å². The molecule has 0 bridgehead atoms. The number of carbonyl (C=O) groups is 1. The molecule has 0 amide bonds. The summed E-state index contributed by atoms with van der Waals surface area (Å²) in [6, 6.07) is 28.3. The third-order valence-electron chi connectivity index (χ3n) is 5.71. The van der Waals surface area contributed by atoms with Crippen LogP contribution in [0.25, 0.3) is 49.4 Å². The van der Waals surface area contributed by atoms with E-state index < -0.39 is 0 Å². The van der Waals surface area contributed by atoms with Crippen molar-refractivity contribution in [2.75, 3.05) is 7.11 Å². The van der Waals surface area contributed by atoms with Crippen molar-refractivity contribution in [2.45, 2.75) is 0 Å². The second-order valence-corrected chi connectivity index (χ2v) is 7.33. The molecule has 0 atom stereocenters. The summed E-state index contributed by atoms with van der Waals surface area (Å²) in [5, 5.41) is 3.96. The van der Waals surface area contributed by atoms with Crippen molar-refractivity contribution >= 4 is 49.7 Å². The number of fused-ring (bicyclic) bond motifs is 6. The number of carbonyl (C=O) groups excluding carboxylic acids is 1. The Labute approximate surface area is 171 Å². The zero-order valence-electron chi connectivity index (χ0n) is 16.3. The number of nitrogens with zero attached hydrogens (tertiary/aromatic N) is 1. The monoisotopic (exact) mass is 391 g/mol. The standard InChI is InChI=1S/C26H17NO3/c1-29-26(28)18-11-7-13-23-25(18)20-14-22-19(15-24(20)30-23)17-10-5-6-12-21(17)27(22)16-8-3-2-4-9-16/h2-15H,1H3. The Bertz CT molecular complexity index is 1590. The largest absolute Gasteiger partial charge is 0.465 e. The molecule has 30 heavy (non-hydrogen) atoms. The number of aromatic nitrogens is 1. The highest BCUT2D eigenvalue weighted by atomic mass is 16.5. The van der Waals surface area contributed by atoms with Gasteiger partial charge in [-0.15, -0.1) is 0 Å². The number of para-hydroxylation sites is 2. The first kappa shape index (κ1) is 16.9. The van der Waals surface area contributed by atoms with E-state index in [2.05, 4.69) is 53.1 Å². The first-order valence-corrected chi connectivity index (χ1v) is 9.78. The molecule has 0 saturated heterocycles. The fourth-order valence-electron chi connectivity index (χ4n) is 4.42. The fourth-order valence-corrected chi connectivity index (χ4v) is 4.42. The Kier molecular flexibility index (Phi) is 3.50. The molecule has 0 spiro atoms. The van der Waals surface area contributed by atoms with Gasteiger partial charge in [0.2, 0.25) is 0 Å². The van der Waals surface area contributed by atoms with Gasteiger partial charge >= 0.3 is 5.97 Å². The van der Waals surface area contributed by atoms with Crippen LogP contribution >= 0.6 is 0 Å². The number of rotatable bonds is 2. The molecule has 0 fully saturated rings. The third-order valence-corrected chi connectivity index (χ3v) is 5.71. The fraction of sp³-hybridized carbons (Fsp3) is 0.0385. The van der Waals surface area contributed by atoms with E-state index in [-0.39, 0.29) is 5.97 Å². The smallest absolute Gasteiger partial charge is 0.338 e. The van der Waals surface area contributed by atoms with Gasteiger partial charge in [0, 0.05) is 27.2 Å². The van der Waals surface area contributed by atoms with Gasteiger partial charge in [0.05, 0.1) is 23.7 Å². The lowest BCUT2D eigenvalue weighted by atomic mass is 10.0. The number of ether oxygens (including phenoxy) is 1. The molecular weight excluding hydrogens is 374 g/mol. The van der Waals surface area contributed by atoms with Crippen LogP contribution in [0, 0.1) is 0 Å². The van der Waals surface area contributed by atoms with Crippen LogP contribution in [-0.2, 0) is 4.74 Å². The van der Waals surface area contributed by atoms with Crippen molar-refractivity contribution in [3.05, 3.63) is 90.5 Å². The first-order valence-electron chi connectivity index (χ1n) is 9.78. The Morgan fingerprint density at radius 1 is 0.767 bits per heavy atom. The Morgan fingerprint density at radius 2 is 1.57 bits per heavy atom. The van der Waals surface area contributed by atoms with Crippen LogP contribution in [0.3, 0.4) is 0 Å². The zero-order chi connectivity index (χ0) is 20.2. The van der Waals surface area contributed by atoms with Gasteiger partial charge in [-0.1, -0.05) is 42.5 Å². The lowest BCUT2D eigenvalue weighted by Gasteiger charge is -2.07. The minimum atomic E-state index is -0.369. The van der Waals surface area contributed by atoms with E-state index >= 15 is 0 Å². The Hall–Kier alpha value is -4.05. The summed E-state index contributed by atoms with van der Waals surface area (Å²) in [7, 11) is 1.40. The van der Waals surface area contributed by atoms with E-state index in [0.717, 1.165) is 43.8 Å². The van der Waals surface area contributed by atoms with Crippen molar-refractivity contribution < 1.29 is 13.9 Å². The molecule has 0 aliphatic rings. The van der Waals surface area contributed by atoms with Gasteiger partial charge in [-0.2, -0.15) is 0 Å². The molecule has 6 rings (SSSR count). The van der Waals surface area contributed by atoms with E-state index in [1.54, 1.807) is 6.07 Å². The van der Waals surface area contributed by atoms with Crippen LogP contribution in [0.15, 0.2) is 89.3 Å². The molecule has 2 aromatic heterocycles. The van der Waals surface area contributed by atoms with Crippen LogP contribution in [-0.4, -0.2) is 17.6 Å². The van der Waals surface area contributed by atoms with Crippen LogP contribution < -0.4 is 0 Å². The van der Waals surface area contributed by atoms with E-state index in [1.165, 1.54) is 7.11 Å². The van der Waals surface area contributed by atoms with Crippen LogP contribution in [0.2, 0.25) is 0 Å². The predicted octanol–water partition coefficient (Wildman–Crippen LogP) is 6.47. The summed E-state index contributed by atoms with van der Waals surface area (Å²) in [5.74, 6) is -0.369. The van der Waals surface area contributed by atoms with Crippen LogP contribution in [0.5, 0.6) is 0 Å². The number of furan rings is 1. The molecule has 4 nitrogen and oxygen atoms in total. The van der Waals surface area contributed by atoms with Gasteiger partial charge in [-0.05, 0) is 42.5 Å². The molecule has 0 unspecified atom stereocenters. The molecule has 0 aliphatic heterocycles. The molecule has 0 radical (unpaired) electrons. The van der Waals surface area contributed by atoms with Crippen molar-refractivity contribution in [3.63, 3.8) is 0 Å². The third kappa shape index (κ3) is 2.25. The van der Waals surface area contributed by atoms with Gasteiger partial charge in [0.15, 0.2) is 0 Å². The molecule has 144 valence electrons. The SMILES string of the molecule is COC(=O)c1cccc2oc3cc4c5ccccc5n(-c5ccccc5)c4cc3c12. The lowest BCUT2D eigenvalue weighted by molar-refractivity contribution is 0.0603. The maximum atomic E-state index is 12.4. The van der Waals surface area contributed by atoms with Crippen molar-refractivity contribution in [1.82, 2.24) is 4.57 Å². The van der Waals surface area contributed by atoms with Gasteiger partial charge in [0.1, 0.15) is 11.2 Å². The zero-order valence-corrected chi connectivity index (χ0v) is 16.3. The highest BCUT2D eigenvalue weighted by molar-refractivity contribution is 6.20. The van der Waals surface area contributed by atoms with Crippen molar-refractivity contribution in [1.29, 1.82) is 0 Å². The Morgan fingerprint density at radius 3 is 2.40 bits per heavy atom. The summed E-state index contributed by atoms with van der Waals surface area (Å²) in [6.07, 6.45) is 0. The molecule has 2 heterocycles. The average molecular weight is 391 g/mol. The Balaban J connectivity index is 1.81. The van der Waals surface area contributed by atoms with E-state index in [9.17, 15) is 4.79 Å². The molecule has 0 saturated carbocycles. The van der Waals surface area contributed by atoms with E-state index in [1.807, 2.05) is 30.3 Å². The number of methoxy groups -OCH3 is 1. The second-order valence-electron chi connectivity index (χ2n) is 7.33. The number of hydrogen-bond acceptors (Lipinski definition) is 3. The summed E-state index contributed by atoms with van der Waals surface area (Å²) in [4.78, 5) is 12.4. The van der Waals surface area contributed by atoms with Crippen LogP contribution in [0.4, 0.5) is 0 Å². The summed E-state index contributed by atoms with van der Waals surface area (Å²) in [5.41, 5.74) is 5.22. The quantitative estimate of drug-likeness (QED) is 0.318. The molecule has 0 aliphatic carbocycles. The summed E-state index contributed by atoms with van der Waals surface area (Å²) >= 11 is 0. The van der Waals surface area contributed by atoms with E-state index in [4.69, 9.17) is 9.15 Å². The minimum absolute atomic E-state index is 0.369. The first-order chi connectivity index (χ1) is 14.8. The number of esters is 1. The molecule has 0 N–H and O–H groups in total. The second kappa shape index (κ2) is 6.22. The average Bonchev–Trinajstić information content (AvgIpc) is 3.32. The van der Waals surface area contributed by atoms with E-state index in [0.29, 0.717) is 11.1 Å². The number of benzene rings is 4. The van der Waals surface area contributed by atoms with Gasteiger partial charge < -0.3 is 13.7 Å². The maximum absolute atomic E-state index is 12.4. The normalized spacial score (nSPS) is 11.6. The highest BCUT2D eigenvalue weighted by Crippen LogP contribution is 2.39. The van der Waals surface area contributed by atoms with Crippen molar-refractivity contribution in [2.24, 2.45) is 0 Å². The topological polar surface area (TPSA) is 44.4 Å². The summed E-state index contributed by atoms with van der Waals surface area (Å²) < 4.78 is 13.4. The lowest BCUT2D eigenvalue weighted by Crippen LogP contribution is -2.01. The highest BCUT2D eigenvalue weighted by Gasteiger charge is 2.19. The molecule has 6 aromatic rings. The molecular formula is C26H17NO3. The summed E-state index contributed by atoms with van der Waals surface area (Å²) in [6.45, 7) is 0. The van der Waals surface area contributed by atoms with Gasteiger partial charge in [-0.3, -0.25) is 0 Å².